The summed E-state index contributed by atoms with van der Waals surface area (Å²) in [5.41, 5.74) is 1.00. The molecule has 0 unspecified atom stereocenters. The quantitative estimate of drug-likeness (QED) is 0.834. The van der Waals surface area contributed by atoms with E-state index in [1.165, 1.54) is 30.3 Å². The maximum Gasteiger partial charge on any atom is 0.146 e. The van der Waals surface area contributed by atoms with Crippen LogP contribution in [0.1, 0.15) is 5.56 Å². The zero-order valence-electron chi connectivity index (χ0n) is 9.18. The summed E-state index contributed by atoms with van der Waals surface area (Å²) in [6.45, 7) is 0.313. The monoisotopic (exact) mass is 331 g/mol. The first-order valence-corrected chi connectivity index (χ1v) is 6.35. The Morgan fingerprint density at radius 1 is 1.11 bits per heavy atom. The Bertz CT molecular complexity index is 555. The third kappa shape index (κ3) is 3.43. The molecule has 0 saturated carbocycles. The third-order valence-corrected chi connectivity index (χ3v) is 3.03. The van der Waals surface area contributed by atoms with Gasteiger partial charge in [-0.3, -0.25) is 0 Å². The van der Waals surface area contributed by atoms with Crippen LogP contribution in [0.3, 0.4) is 0 Å². The molecule has 0 aliphatic carbocycles. The molecule has 0 atom stereocenters. The molecule has 5 heteroatoms. The van der Waals surface area contributed by atoms with Crippen molar-refractivity contribution in [2.45, 2.75) is 6.54 Å². The highest BCUT2D eigenvalue weighted by atomic mass is 79.9. The molecule has 2 rings (SSSR count). The molecule has 0 aliphatic rings. The lowest BCUT2D eigenvalue weighted by Gasteiger charge is -2.08. The molecule has 0 heterocycles. The average molecular weight is 333 g/mol. The van der Waals surface area contributed by atoms with E-state index in [0.717, 1.165) is 0 Å². The van der Waals surface area contributed by atoms with Gasteiger partial charge in [-0.15, -0.1) is 0 Å². The Kier molecular flexibility index (Phi) is 4.19. The highest BCUT2D eigenvalue weighted by Crippen LogP contribution is 2.21. The number of hydrogen-bond donors (Lipinski definition) is 1. The summed E-state index contributed by atoms with van der Waals surface area (Å²) in [7, 11) is 0. The third-order valence-electron chi connectivity index (χ3n) is 2.33. The molecule has 0 saturated heterocycles. The number of benzene rings is 2. The van der Waals surface area contributed by atoms with Crippen molar-refractivity contribution in [3.05, 3.63) is 63.1 Å². The van der Waals surface area contributed by atoms with Crippen LogP contribution < -0.4 is 5.32 Å². The first-order valence-electron chi connectivity index (χ1n) is 5.18. The molecule has 1 N–H and O–H groups in total. The summed E-state index contributed by atoms with van der Waals surface area (Å²) >= 11 is 8.98. The van der Waals surface area contributed by atoms with E-state index in [1.54, 1.807) is 6.07 Å². The van der Waals surface area contributed by atoms with Gasteiger partial charge in [-0.1, -0.05) is 27.5 Å². The highest BCUT2D eigenvalue weighted by molar-refractivity contribution is 9.10. The number of hydrogen-bond acceptors (Lipinski definition) is 1. The van der Waals surface area contributed by atoms with Crippen molar-refractivity contribution in [3.63, 3.8) is 0 Å². The van der Waals surface area contributed by atoms with Gasteiger partial charge in [-0.05, 0) is 42.0 Å². The Morgan fingerprint density at radius 3 is 2.61 bits per heavy atom. The lowest BCUT2D eigenvalue weighted by Crippen LogP contribution is -2.01. The van der Waals surface area contributed by atoms with Gasteiger partial charge >= 0.3 is 0 Å². The van der Waals surface area contributed by atoms with Crippen molar-refractivity contribution in [3.8, 4) is 0 Å². The molecule has 2 aromatic carbocycles. The molecular formula is C13H9BrClF2N. The van der Waals surface area contributed by atoms with E-state index in [4.69, 9.17) is 11.6 Å². The van der Waals surface area contributed by atoms with Gasteiger partial charge in [0.05, 0.1) is 5.69 Å². The van der Waals surface area contributed by atoms with Crippen molar-refractivity contribution >= 4 is 33.2 Å². The number of anilines is 1. The van der Waals surface area contributed by atoms with E-state index in [0.29, 0.717) is 27.3 Å². The fraction of sp³-hybridized carbons (Fsp3) is 0.0769. The van der Waals surface area contributed by atoms with Gasteiger partial charge in [0.25, 0.3) is 0 Å². The zero-order chi connectivity index (χ0) is 13.1. The summed E-state index contributed by atoms with van der Waals surface area (Å²) in [6, 6.07) is 8.76. The SMILES string of the molecule is Fc1cc(Br)cc(CNc2cc(Cl)ccc2F)c1. The van der Waals surface area contributed by atoms with Gasteiger partial charge in [-0.25, -0.2) is 8.78 Å². The summed E-state index contributed by atoms with van der Waals surface area (Å²) in [5.74, 6) is -0.734. The zero-order valence-corrected chi connectivity index (χ0v) is 11.5. The molecule has 2 aromatic rings. The van der Waals surface area contributed by atoms with E-state index in [-0.39, 0.29) is 5.82 Å². The minimum absolute atomic E-state index is 0.294. The van der Waals surface area contributed by atoms with Gasteiger partial charge < -0.3 is 5.32 Å². The second-order valence-corrected chi connectivity index (χ2v) is 5.11. The smallest absolute Gasteiger partial charge is 0.146 e. The molecule has 0 aromatic heterocycles. The summed E-state index contributed by atoms with van der Waals surface area (Å²) in [5, 5.41) is 3.32. The van der Waals surface area contributed by atoms with Crippen molar-refractivity contribution < 1.29 is 8.78 Å². The molecule has 0 aliphatic heterocycles. The largest absolute Gasteiger partial charge is 0.379 e. The predicted molar refractivity (Wildman–Crippen MR) is 72.8 cm³/mol. The highest BCUT2D eigenvalue weighted by Gasteiger charge is 2.04. The molecule has 0 fully saturated rings. The lowest BCUT2D eigenvalue weighted by molar-refractivity contribution is 0.624. The van der Waals surface area contributed by atoms with Gasteiger partial charge in [0, 0.05) is 16.0 Å². The fourth-order valence-corrected chi connectivity index (χ4v) is 2.23. The predicted octanol–water partition coefficient (Wildman–Crippen LogP) is 4.99. The Balaban J connectivity index is 2.13. The number of nitrogens with one attached hydrogen (secondary N) is 1. The van der Waals surface area contributed by atoms with Crippen LogP contribution >= 0.6 is 27.5 Å². The van der Waals surface area contributed by atoms with E-state index in [2.05, 4.69) is 21.2 Å². The van der Waals surface area contributed by atoms with E-state index < -0.39 is 5.82 Å². The van der Waals surface area contributed by atoms with E-state index in [1.807, 2.05) is 0 Å². The van der Waals surface area contributed by atoms with Gasteiger partial charge in [-0.2, -0.15) is 0 Å². The van der Waals surface area contributed by atoms with Gasteiger partial charge in [0.15, 0.2) is 0 Å². The normalized spacial score (nSPS) is 10.4. The van der Waals surface area contributed by atoms with Gasteiger partial charge in [0.1, 0.15) is 11.6 Å². The molecule has 18 heavy (non-hydrogen) atoms. The van der Waals surface area contributed by atoms with Gasteiger partial charge in [0.2, 0.25) is 0 Å². The number of rotatable bonds is 3. The van der Waals surface area contributed by atoms with Crippen LogP contribution in [0, 0.1) is 11.6 Å². The van der Waals surface area contributed by atoms with Crippen LogP contribution in [0.15, 0.2) is 40.9 Å². The fourth-order valence-electron chi connectivity index (χ4n) is 1.54. The summed E-state index contributed by atoms with van der Waals surface area (Å²) in [4.78, 5) is 0. The van der Waals surface area contributed by atoms with Crippen LogP contribution in [-0.4, -0.2) is 0 Å². The molecule has 0 bridgehead atoms. The first kappa shape index (κ1) is 13.3. The van der Waals surface area contributed by atoms with Crippen LogP contribution in [0.5, 0.6) is 0 Å². The second-order valence-electron chi connectivity index (χ2n) is 3.76. The average Bonchev–Trinajstić information content (AvgIpc) is 2.29. The van der Waals surface area contributed by atoms with Crippen molar-refractivity contribution in [1.82, 2.24) is 0 Å². The maximum absolute atomic E-state index is 13.4. The van der Waals surface area contributed by atoms with Crippen molar-refractivity contribution in [2.75, 3.05) is 5.32 Å². The minimum Gasteiger partial charge on any atom is -0.379 e. The minimum atomic E-state index is -0.394. The van der Waals surface area contributed by atoms with Crippen LogP contribution in [0.2, 0.25) is 5.02 Å². The first-order chi connectivity index (χ1) is 8.54. The Labute approximate surface area is 117 Å². The Morgan fingerprint density at radius 2 is 1.89 bits per heavy atom. The summed E-state index contributed by atoms with van der Waals surface area (Å²) in [6.07, 6.45) is 0. The molecule has 94 valence electrons. The summed E-state index contributed by atoms with van der Waals surface area (Å²) < 4.78 is 27.2. The maximum atomic E-state index is 13.4. The molecule has 1 nitrogen and oxygen atoms in total. The van der Waals surface area contributed by atoms with E-state index in [9.17, 15) is 8.78 Å². The van der Waals surface area contributed by atoms with Crippen LogP contribution in [0.25, 0.3) is 0 Å². The van der Waals surface area contributed by atoms with Crippen LogP contribution in [0.4, 0.5) is 14.5 Å². The molecule has 0 spiro atoms. The molecule has 0 amide bonds. The van der Waals surface area contributed by atoms with Crippen LogP contribution in [-0.2, 0) is 6.54 Å². The Hall–Kier alpha value is -1.13. The van der Waals surface area contributed by atoms with Crippen molar-refractivity contribution in [2.24, 2.45) is 0 Å². The molecular weight excluding hydrogens is 324 g/mol. The topological polar surface area (TPSA) is 12.0 Å². The number of halogens is 4. The molecule has 0 radical (unpaired) electrons. The lowest BCUT2D eigenvalue weighted by atomic mass is 10.2. The second kappa shape index (κ2) is 5.67. The van der Waals surface area contributed by atoms with Crippen molar-refractivity contribution in [1.29, 1.82) is 0 Å². The standard InChI is InChI=1S/C13H9BrClF2N/c14-9-3-8(4-11(16)5-9)7-18-13-6-10(15)1-2-12(13)17/h1-6,18H,7H2. The van der Waals surface area contributed by atoms with E-state index >= 15 is 0 Å².